The topological polar surface area (TPSA) is 135 Å². The Morgan fingerprint density at radius 1 is 1.34 bits per heavy atom. The summed E-state index contributed by atoms with van der Waals surface area (Å²) in [7, 11) is 0. The lowest BCUT2D eigenvalue weighted by molar-refractivity contribution is -0.121. The summed E-state index contributed by atoms with van der Waals surface area (Å²) in [6, 6.07) is 3.50. The number of anilines is 2. The van der Waals surface area contributed by atoms with Crippen LogP contribution in [0.4, 0.5) is 11.6 Å². The molecule has 0 aliphatic carbocycles. The van der Waals surface area contributed by atoms with Gasteiger partial charge < -0.3 is 21.5 Å². The lowest BCUT2D eigenvalue weighted by atomic mass is 10.1. The smallest absolute Gasteiger partial charge is 0.293 e. The second-order valence-corrected chi connectivity index (χ2v) is 7.03. The van der Waals surface area contributed by atoms with Gasteiger partial charge in [-0.05, 0) is 44.7 Å². The molecule has 0 aliphatic rings. The standard InChI is InChI=1S/C20H30N6O3/c1-4-16(27)6-5-9-22-19-20(29)26(13(2)10-24-19)12-18(28)23-11-15-7-8-17(21)25-14(15)3/h7-8,10,16,27H,4-6,9,11-12H2,1-3H3,(H2,21,25)(H,22,24)(H,23,28). The van der Waals surface area contributed by atoms with E-state index in [2.05, 4.69) is 20.6 Å². The Bertz CT molecular complexity index is 896. The molecule has 158 valence electrons. The molecule has 0 radical (unpaired) electrons. The molecule has 2 aromatic heterocycles. The van der Waals surface area contributed by atoms with E-state index in [1.807, 2.05) is 19.9 Å². The molecule has 0 aliphatic heterocycles. The van der Waals surface area contributed by atoms with Crippen LogP contribution in [-0.2, 0) is 17.9 Å². The molecule has 0 saturated carbocycles. The number of aliphatic hydroxyl groups excluding tert-OH is 1. The van der Waals surface area contributed by atoms with Crippen molar-refractivity contribution in [2.45, 2.75) is 59.2 Å². The van der Waals surface area contributed by atoms with Crippen LogP contribution in [0, 0.1) is 13.8 Å². The van der Waals surface area contributed by atoms with Crippen LogP contribution < -0.4 is 21.9 Å². The highest BCUT2D eigenvalue weighted by molar-refractivity contribution is 5.75. The molecule has 0 aromatic carbocycles. The van der Waals surface area contributed by atoms with Crippen LogP contribution in [-0.4, -0.2) is 38.2 Å². The van der Waals surface area contributed by atoms with Gasteiger partial charge in [0.2, 0.25) is 5.91 Å². The number of nitrogen functional groups attached to an aromatic ring is 1. The van der Waals surface area contributed by atoms with Crippen LogP contribution in [0.15, 0.2) is 23.1 Å². The first-order valence-corrected chi connectivity index (χ1v) is 9.78. The minimum atomic E-state index is -0.346. The van der Waals surface area contributed by atoms with Crippen LogP contribution in [0.5, 0.6) is 0 Å². The van der Waals surface area contributed by atoms with Gasteiger partial charge in [0.25, 0.3) is 5.56 Å². The Morgan fingerprint density at radius 3 is 2.79 bits per heavy atom. The van der Waals surface area contributed by atoms with E-state index in [1.54, 1.807) is 19.2 Å². The van der Waals surface area contributed by atoms with Crippen molar-refractivity contribution in [1.29, 1.82) is 0 Å². The molecular formula is C20H30N6O3. The number of aryl methyl sites for hydroxylation is 2. The fourth-order valence-corrected chi connectivity index (χ4v) is 2.83. The maximum Gasteiger partial charge on any atom is 0.293 e. The summed E-state index contributed by atoms with van der Waals surface area (Å²) >= 11 is 0. The summed E-state index contributed by atoms with van der Waals surface area (Å²) in [4.78, 5) is 33.3. The average Bonchev–Trinajstić information content (AvgIpc) is 2.69. The summed E-state index contributed by atoms with van der Waals surface area (Å²) < 4.78 is 1.39. The van der Waals surface area contributed by atoms with E-state index in [1.165, 1.54) is 4.57 Å². The normalized spacial score (nSPS) is 11.9. The van der Waals surface area contributed by atoms with E-state index in [0.29, 0.717) is 37.4 Å². The Labute approximate surface area is 170 Å². The predicted molar refractivity (Wildman–Crippen MR) is 112 cm³/mol. The molecule has 2 heterocycles. The molecule has 0 fully saturated rings. The van der Waals surface area contributed by atoms with Crippen molar-refractivity contribution in [3.05, 3.63) is 45.6 Å². The quantitative estimate of drug-likeness (QED) is 0.437. The summed E-state index contributed by atoms with van der Waals surface area (Å²) in [5.74, 6) is 0.350. The summed E-state index contributed by atoms with van der Waals surface area (Å²) in [6.45, 7) is 6.22. The van der Waals surface area contributed by atoms with Gasteiger partial charge in [0.15, 0.2) is 5.82 Å². The number of nitrogens with zero attached hydrogens (tertiary/aromatic N) is 3. The van der Waals surface area contributed by atoms with Gasteiger partial charge in [0.1, 0.15) is 12.4 Å². The Morgan fingerprint density at radius 2 is 2.10 bits per heavy atom. The third kappa shape index (κ3) is 6.56. The number of aromatic nitrogens is 3. The van der Waals surface area contributed by atoms with Crippen LogP contribution in [0.3, 0.4) is 0 Å². The first kappa shape index (κ1) is 22.4. The lowest BCUT2D eigenvalue weighted by Crippen LogP contribution is -2.34. The molecule has 9 nitrogen and oxygen atoms in total. The van der Waals surface area contributed by atoms with Gasteiger partial charge in [-0.25, -0.2) is 9.97 Å². The molecule has 0 spiro atoms. The molecule has 29 heavy (non-hydrogen) atoms. The number of nitrogens with two attached hydrogens (primary N) is 1. The van der Waals surface area contributed by atoms with E-state index < -0.39 is 0 Å². The van der Waals surface area contributed by atoms with Crippen LogP contribution in [0.25, 0.3) is 0 Å². The molecule has 0 saturated heterocycles. The highest BCUT2D eigenvalue weighted by Crippen LogP contribution is 2.08. The Balaban J connectivity index is 1.96. The number of hydrogen-bond donors (Lipinski definition) is 4. The monoisotopic (exact) mass is 402 g/mol. The molecule has 2 rings (SSSR count). The van der Waals surface area contributed by atoms with E-state index in [9.17, 15) is 14.7 Å². The number of hydrogen-bond acceptors (Lipinski definition) is 7. The Kier molecular flexibility index (Phi) is 8.14. The first-order valence-electron chi connectivity index (χ1n) is 9.78. The third-order valence-electron chi connectivity index (χ3n) is 4.73. The zero-order valence-corrected chi connectivity index (χ0v) is 17.2. The van der Waals surface area contributed by atoms with Gasteiger partial charge in [0.05, 0.1) is 6.10 Å². The number of rotatable bonds is 10. The number of nitrogens with one attached hydrogen (secondary N) is 2. The summed E-state index contributed by atoms with van der Waals surface area (Å²) in [6.07, 6.45) is 3.32. The van der Waals surface area contributed by atoms with Crippen LogP contribution in [0.1, 0.15) is 43.1 Å². The first-order chi connectivity index (χ1) is 13.8. The maximum atomic E-state index is 12.7. The number of carbonyl (C=O) groups is 1. The van der Waals surface area contributed by atoms with Crippen LogP contribution >= 0.6 is 0 Å². The second-order valence-electron chi connectivity index (χ2n) is 7.03. The molecule has 1 atom stereocenters. The van der Waals surface area contributed by atoms with E-state index in [0.717, 1.165) is 17.7 Å². The number of amides is 1. The zero-order chi connectivity index (χ0) is 21.4. The second kappa shape index (κ2) is 10.6. The number of aliphatic hydroxyl groups is 1. The van der Waals surface area contributed by atoms with Crippen molar-refractivity contribution >= 4 is 17.5 Å². The van der Waals surface area contributed by atoms with Gasteiger partial charge in [0, 0.05) is 30.7 Å². The maximum absolute atomic E-state index is 12.7. The van der Waals surface area contributed by atoms with E-state index >= 15 is 0 Å². The fourth-order valence-electron chi connectivity index (χ4n) is 2.83. The van der Waals surface area contributed by atoms with Gasteiger partial charge >= 0.3 is 0 Å². The number of pyridine rings is 1. The minimum absolute atomic E-state index is 0.0993. The van der Waals surface area contributed by atoms with E-state index in [4.69, 9.17) is 5.73 Å². The highest BCUT2D eigenvalue weighted by Gasteiger charge is 2.12. The largest absolute Gasteiger partial charge is 0.393 e. The SMILES string of the molecule is CCC(O)CCCNc1ncc(C)n(CC(=O)NCc2ccc(N)nc2C)c1=O. The summed E-state index contributed by atoms with van der Waals surface area (Å²) in [5.41, 5.74) is 7.51. The molecule has 5 N–H and O–H groups in total. The van der Waals surface area contributed by atoms with Gasteiger partial charge in [-0.1, -0.05) is 13.0 Å². The summed E-state index contributed by atoms with van der Waals surface area (Å²) in [5, 5.41) is 15.4. The van der Waals surface area contributed by atoms with Gasteiger partial charge in [-0.15, -0.1) is 0 Å². The van der Waals surface area contributed by atoms with Gasteiger partial charge in [-0.3, -0.25) is 14.2 Å². The Hall–Kier alpha value is -2.94. The average molecular weight is 402 g/mol. The van der Waals surface area contributed by atoms with Crippen molar-refractivity contribution < 1.29 is 9.90 Å². The third-order valence-corrected chi connectivity index (χ3v) is 4.73. The minimum Gasteiger partial charge on any atom is -0.393 e. The van der Waals surface area contributed by atoms with Crippen molar-refractivity contribution in [3.63, 3.8) is 0 Å². The molecular weight excluding hydrogens is 372 g/mol. The van der Waals surface area contributed by atoms with E-state index in [-0.39, 0.29) is 29.9 Å². The van der Waals surface area contributed by atoms with Crippen molar-refractivity contribution in [3.8, 4) is 0 Å². The van der Waals surface area contributed by atoms with Crippen molar-refractivity contribution in [1.82, 2.24) is 19.9 Å². The zero-order valence-electron chi connectivity index (χ0n) is 17.2. The molecule has 1 unspecified atom stereocenters. The molecule has 9 heteroatoms. The predicted octanol–water partition coefficient (Wildman–Crippen LogP) is 1.12. The van der Waals surface area contributed by atoms with Gasteiger partial charge in [-0.2, -0.15) is 0 Å². The molecule has 0 bridgehead atoms. The number of carbonyl (C=O) groups excluding carboxylic acids is 1. The van der Waals surface area contributed by atoms with Crippen LogP contribution in [0.2, 0.25) is 0 Å². The van der Waals surface area contributed by atoms with Crippen molar-refractivity contribution in [2.75, 3.05) is 17.6 Å². The lowest BCUT2D eigenvalue weighted by Gasteiger charge is -2.13. The van der Waals surface area contributed by atoms with Crippen molar-refractivity contribution in [2.24, 2.45) is 0 Å². The molecule has 1 amide bonds. The fraction of sp³-hybridized carbons (Fsp3) is 0.500. The highest BCUT2D eigenvalue weighted by atomic mass is 16.3. The molecule has 2 aromatic rings.